The maximum absolute atomic E-state index is 13.5. The van der Waals surface area contributed by atoms with Gasteiger partial charge in [-0.05, 0) is 25.0 Å². The van der Waals surface area contributed by atoms with Crippen LogP contribution in [0.2, 0.25) is 0 Å². The van der Waals surface area contributed by atoms with Gasteiger partial charge in [-0.2, -0.15) is 0 Å². The van der Waals surface area contributed by atoms with Crippen LogP contribution in [0.1, 0.15) is 30.1 Å². The van der Waals surface area contributed by atoms with Crippen molar-refractivity contribution in [2.45, 2.75) is 25.9 Å². The minimum Gasteiger partial charge on any atom is -0.478 e. The topological polar surface area (TPSA) is 69.6 Å². The second kappa shape index (κ2) is 6.30. The summed E-state index contributed by atoms with van der Waals surface area (Å²) in [4.78, 5) is 10.6. The number of carboxylic acid groups (broad SMARTS) is 1. The molecule has 1 unspecified atom stereocenters. The number of benzene rings is 1. The average Bonchev–Trinajstić information content (AvgIpc) is 2.33. The molecule has 1 atom stereocenters. The summed E-state index contributed by atoms with van der Waals surface area (Å²) in [6.07, 6.45) is 0.484. The summed E-state index contributed by atoms with van der Waals surface area (Å²) < 4.78 is 26.8. The molecule has 0 saturated carbocycles. The van der Waals surface area contributed by atoms with Crippen molar-refractivity contribution < 1.29 is 23.8 Å². The molecule has 1 aromatic carbocycles. The number of nitrogens with one attached hydrogen (secondary N) is 1. The lowest BCUT2D eigenvalue weighted by atomic mass is 10.1. The van der Waals surface area contributed by atoms with Gasteiger partial charge in [0.2, 0.25) is 0 Å². The summed E-state index contributed by atoms with van der Waals surface area (Å²) >= 11 is 0. The van der Waals surface area contributed by atoms with E-state index in [9.17, 15) is 18.7 Å². The van der Waals surface area contributed by atoms with E-state index in [2.05, 4.69) is 5.32 Å². The number of hydrogen-bond donors (Lipinski definition) is 3. The van der Waals surface area contributed by atoms with Gasteiger partial charge in [0.15, 0.2) is 11.6 Å². The Balaban J connectivity index is 2.74. The lowest BCUT2D eigenvalue weighted by Gasteiger charge is -2.11. The van der Waals surface area contributed by atoms with Crippen LogP contribution in [0.25, 0.3) is 0 Å². The molecule has 0 bridgehead atoms. The normalized spacial score (nSPS) is 12.2. The summed E-state index contributed by atoms with van der Waals surface area (Å²) in [6.45, 7) is 2.09. The van der Waals surface area contributed by atoms with Crippen molar-refractivity contribution in [2.75, 3.05) is 11.9 Å². The third-order valence-electron chi connectivity index (χ3n) is 2.58. The van der Waals surface area contributed by atoms with Crippen LogP contribution < -0.4 is 5.32 Å². The zero-order valence-corrected chi connectivity index (χ0v) is 9.91. The van der Waals surface area contributed by atoms with Gasteiger partial charge in [0.1, 0.15) is 0 Å². The van der Waals surface area contributed by atoms with E-state index < -0.39 is 29.3 Å². The molecule has 0 radical (unpaired) electrons. The summed E-state index contributed by atoms with van der Waals surface area (Å²) in [6, 6.07) is 2.17. The Bertz CT molecular complexity index is 438. The predicted octanol–water partition coefficient (Wildman–Crippen LogP) is 2.24. The van der Waals surface area contributed by atoms with E-state index in [1.807, 2.05) is 6.92 Å². The molecule has 0 heterocycles. The Hall–Kier alpha value is -1.69. The van der Waals surface area contributed by atoms with Crippen molar-refractivity contribution in [3.63, 3.8) is 0 Å². The standard InChI is InChI=1S/C12H15F2NO3/c1-2-7(16)5-6-15-9-4-3-8(12(17)18)10(13)11(9)14/h3-4,7,15-16H,2,5-6H2,1H3,(H,17,18). The van der Waals surface area contributed by atoms with E-state index in [0.717, 1.165) is 6.07 Å². The minimum atomic E-state index is -1.51. The van der Waals surface area contributed by atoms with Crippen LogP contribution in [0.3, 0.4) is 0 Å². The SMILES string of the molecule is CCC(O)CCNc1ccc(C(=O)O)c(F)c1F. The molecular weight excluding hydrogens is 244 g/mol. The lowest BCUT2D eigenvalue weighted by Crippen LogP contribution is -2.14. The molecule has 18 heavy (non-hydrogen) atoms. The predicted molar refractivity (Wildman–Crippen MR) is 62.7 cm³/mol. The van der Waals surface area contributed by atoms with Crippen LogP contribution in [0.15, 0.2) is 12.1 Å². The van der Waals surface area contributed by atoms with Crippen molar-refractivity contribution in [1.82, 2.24) is 0 Å². The van der Waals surface area contributed by atoms with Gasteiger partial charge in [-0.1, -0.05) is 6.92 Å². The first-order valence-corrected chi connectivity index (χ1v) is 5.60. The highest BCUT2D eigenvalue weighted by molar-refractivity contribution is 5.88. The van der Waals surface area contributed by atoms with E-state index >= 15 is 0 Å². The van der Waals surface area contributed by atoms with E-state index in [4.69, 9.17) is 5.11 Å². The van der Waals surface area contributed by atoms with Gasteiger partial charge < -0.3 is 15.5 Å². The molecule has 1 aromatic rings. The van der Waals surface area contributed by atoms with Crippen LogP contribution in [0.5, 0.6) is 0 Å². The highest BCUT2D eigenvalue weighted by atomic mass is 19.2. The molecule has 0 fully saturated rings. The molecule has 0 saturated heterocycles. The number of aromatic carboxylic acids is 1. The molecule has 0 aliphatic rings. The molecule has 0 spiro atoms. The van der Waals surface area contributed by atoms with Gasteiger partial charge in [0.05, 0.1) is 17.4 Å². The summed E-state index contributed by atoms with van der Waals surface area (Å²) in [7, 11) is 0. The summed E-state index contributed by atoms with van der Waals surface area (Å²) in [5.41, 5.74) is -0.813. The molecular formula is C12H15F2NO3. The first kappa shape index (κ1) is 14.4. The van der Waals surface area contributed by atoms with Gasteiger partial charge >= 0.3 is 5.97 Å². The van der Waals surface area contributed by atoms with Crippen LogP contribution >= 0.6 is 0 Å². The second-order valence-corrected chi connectivity index (χ2v) is 3.87. The van der Waals surface area contributed by atoms with Crippen molar-refractivity contribution in [2.24, 2.45) is 0 Å². The zero-order chi connectivity index (χ0) is 13.7. The van der Waals surface area contributed by atoms with Crippen LogP contribution in [0.4, 0.5) is 14.5 Å². The number of anilines is 1. The smallest absolute Gasteiger partial charge is 0.338 e. The third kappa shape index (κ3) is 3.40. The Morgan fingerprint density at radius 3 is 2.61 bits per heavy atom. The quantitative estimate of drug-likeness (QED) is 0.732. The molecule has 6 heteroatoms. The monoisotopic (exact) mass is 259 g/mol. The summed E-state index contributed by atoms with van der Waals surface area (Å²) in [5, 5.41) is 20.5. The minimum absolute atomic E-state index is 0.110. The maximum Gasteiger partial charge on any atom is 0.338 e. The second-order valence-electron chi connectivity index (χ2n) is 3.87. The van der Waals surface area contributed by atoms with E-state index in [1.54, 1.807) is 0 Å². The Morgan fingerprint density at radius 1 is 1.39 bits per heavy atom. The molecule has 4 nitrogen and oxygen atoms in total. The number of carboxylic acids is 1. The molecule has 0 amide bonds. The Kier molecular flexibility index (Phi) is 5.03. The fourth-order valence-electron chi connectivity index (χ4n) is 1.43. The lowest BCUT2D eigenvalue weighted by molar-refractivity contribution is 0.0690. The number of aliphatic hydroxyl groups is 1. The van der Waals surface area contributed by atoms with Crippen molar-refractivity contribution >= 4 is 11.7 Å². The Labute approximate surface area is 103 Å². The number of rotatable bonds is 6. The van der Waals surface area contributed by atoms with E-state index in [0.29, 0.717) is 12.8 Å². The van der Waals surface area contributed by atoms with Crippen molar-refractivity contribution in [3.8, 4) is 0 Å². The van der Waals surface area contributed by atoms with Crippen LogP contribution in [-0.4, -0.2) is 28.8 Å². The molecule has 1 rings (SSSR count). The third-order valence-corrected chi connectivity index (χ3v) is 2.58. The van der Waals surface area contributed by atoms with Gasteiger partial charge in [-0.3, -0.25) is 0 Å². The van der Waals surface area contributed by atoms with Gasteiger partial charge in [0, 0.05) is 6.54 Å². The zero-order valence-electron chi connectivity index (χ0n) is 9.91. The maximum atomic E-state index is 13.5. The number of aliphatic hydroxyl groups excluding tert-OH is 1. The van der Waals surface area contributed by atoms with E-state index in [-0.39, 0.29) is 12.2 Å². The first-order valence-electron chi connectivity index (χ1n) is 5.60. The van der Waals surface area contributed by atoms with E-state index in [1.165, 1.54) is 6.07 Å². The molecule has 0 aromatic heterocycles. The highest BCUT2D eigenvalue weighted by Gasteiger charge is 2.17. The molecule has 0 aliphatic carbocycles. The molecule has 100 valence electrons. The van der Waals surface area contributed by atoms with Crippen LogP contribution in [-0.2, 0) is 0 Å². The highest BCUT2D eigenvalue weighted by Crippen LogP contribution is 2.20. The van der Waals surface area contributed by atoms with Crippen LogP contribution in [0, 0.1) is 11.6 Å². The van der Waals surface area contributed by atoms with Gasteiger partial charge in [0.25, 0.3) is 0 Å². The fraction of sp³-hybridized carbons (Fsp3) is 0.417. The number of carbonyl (C=O) groups is 1. The fourth-order valence-corrected chi connectivity index (χ4v) is 1.43. The number of halogens is 2. The average molecular weight is 259 g/mol. The summed E-state index contributed by atoms with van der Waals surface area (Å²) in [5.74, 6) is -4.12. The largest absolute Gasteiger partial charge is 0.478 e. The van der Waals surface area contributed by atoms with Crippen molar-refractivity contribution in [3.05, 3.63) is 29.3 Å². The molecule has 3 N–H and O–H groups in total. The number of hydrogen-bond acceptors (Lipinski definition) is 3. The van der Waals surface area contributed by atoms with Gasteiger partial charge in [-0.15, -0.1) is 0 Å². The Morgan fingerprint density at radius 2 is 2.06 bits per heavy atom. The molecule has 0 aliphatic heterocycles. The van der Waals surface area contributed by atoms with Gasteiger partial charge in [-0.25, -0.2) is 13.6 Å². The first-order chi connectivity index (χ1) is 8.47. The van der Waals surface area contributed by atoms with Crippen molar-refractivity contribution in [1.29, 1.82) is 0 Å².